The van der Waals surface area contributed by atoms with E-state index in [2.05, 4.69) is 4.90 Å². The average molecular weight is 287 g/mol. The second-order valence-electron chi connectivity index (χ2n) is 5.25. The van der Waals surface area contributed by atoms with Crippen molar-refractivity contribution in [2.75, 3.05) is 18.6 Å². The molecule has 110 valence electrons. The average Bonchev–Trinajstić information content (AvgIpc) is 2.89. The molecular weight excluding hydrogens is 269 g/mol. The minimum absolute atomic E-state index is 0.00219. The number of aliphatic hydroxyl groups is 1. The lowest BCUT2D eigenvalue weighted by Gasteiger charge is -2.21. The first-order chi connectivity index (χ1) is 10.2. The van der Waals surface area contributed by atoms with Gasteiger partial charge in [-0.3, -0.25) is 0 Å². The Morgan fingerprint density at radius 1 is 1.24 bits per heavy atom. The van der Waals surface area contributed by atoms with Crippen LogP contribution >= 0.6 is 0 Å². The number of nitrogens with zero attached hydrogens (tertiary/aromatic N) is 1. The van der Waals surface area contributed by atoms with Crippen LogP contribution in [0.3, 0.4) is 0 Å². The summed E-state index contributed by atoms with van der Waals surface area (Å²) < 4.78 is 18.8. The molecule has 1 heterocycles. The van der Waals surface area contributed by atoms with Gasteiger partial charge in [0.1, 0.15) is 11.6 Å². The minimum Gasteiger partial charge on any atom is -0.496 e. The summed E-state index contributed by atoms with van der Waals surface area (Å²) in [6.07, 6.45) is 0.928. The van der Waals surface area contributed by atoms with Crippen LogP contribution in [0.25, 0.3) is 0 Å². The predicted molar refractivity (Wildman–Crippen MR) is 80.1 cm³/mol. The van der Waals surface area contributed by atoms with Gasteiger partial charge in [-0.2, -0.15) is 0 Å². The Labute approximate surface area is 123 Å². The number of hydrogen-bond donors (Lipinski definition) is 1. The third-order valence-electron chi connectivity index (χ3n) is 3.93. The number of halogens is 1. The van der Waals surface area contributed by atoms with Crippen LogP contribution in [0.4, 0.5) is 10.1 Å². The van der Waals surface area contributed by atoms with Crippen molar-refractivity contribution < 1.29 is 14.2 Å². The summed E-state index contributed by atoms with van der Waals surface area (Å²) in [6.45, 7) is 1.51. The molecule has 0 saturated heterocycles. The molecule has 0 aliphatic carbocycles. The quantitative estimate of drug-likeness (QED) is 0.938. The zero-order chi connectivity index (χ0) is 14.8. The summed E-state index contributed by atoms with van der Waals surface area (Å²) in [4.78, 5) is 2.15. The summed E-state index contributed by atoms with van der Waals surface area (Å²) in [7, 11) is 1.63. The zero-order valence-electron chi connectivity index (χ0n) is 12.0. The summed E-state index contributed by atoms with van der Waals surface area (Å²) in [5.41, 5.74) is 3.98. The second-order valence-corrected chi connectivity index (χ2v) is 5.25. The maximum Gasteiger partial charge on any atom is 0.125 e. The third kappa shape index (κ3) is 2.72. The Balaban J connectivity index is 1.90. The normalized spacial score (nSPS) is 13.4. The smallest absolute Gasteiger partial charge is 0.125 e. The lowest BCUT2D eigenvalue weighted by molar-refractivity contribution is 0.281. The molecule has 0 saturated carbocycles. The number of ether oxygens (including phenoxy) is 1. The lowest BCUT2D eigenvalue weighted by atomic mass is 10.1. The number of hydrogen-bond acceptors (Lipinski definition) is 3. The van der Waals surface area contributed by atoms with E-state index in [0.717, 1.165) is 35.5 Å². The van der Waals surface area contributed by atoms with Gasteiger partial charge in [-0.25, -0.2) is 4.39 Å². The van der Waals surface area contributed by atoms with Crippen molar-refractivity contribution >= 4 is 5.69 Å². The van der Waals surface area contributed by atoms with E-state index in [1.807, 2.05) is 24.3 Å². The van der Waals surface area contributed by atoms with Gasteiger partial charge in [-0.1, -0.05) is 12.1 Å². The Hall–Kier alpha value is -2.07. The van der Waals surface area contributed by atoms with Gasteiger partial charge in [0, 0.05) is 24.3 Å². The molecule has 21 heavy (non-hydrogen) atoms. The first kappa shape index (κ1) is 13.9. The summed E-state index contributed by atoms with van der Waals surface area (Å²) in [5, 5.41) is 9.28. The van der Waals surface area contributed by atoms with Crippen LogP contribution in [0.5, 0.6) is 5.75 Å². The molecule has 0 unspecified atom stereocenters. The Kier molecular flexibility index (Phi) is 3.80. The third-order valence-corrected chi connectivity index (χ3v) is 3.93. The Bertz CT molecular complexity index is 657. The molecule has 2 aromatic carbocycles. The SMILES string of the molecule is COc1ccc(CO)cc1CN1CCc2ccc(F)cc21. The fourth-order valence-electron chi connectivity index (χ4n) is 2.84. The highest BCUT2D eigenvalue weighted by Gasteiger charge is 2.20. The molecule has 0 atom stereocenters. The molecular formula is C17H18FNO2. The Morgan fingerprint density at radius 2 is 2.10 bits per heavy atom. The molecule has 3 nitrogen and oxygen atoms in total. The van der Waals surface area contributed by atoms with E-state index in [1.54, 1.807) is 13.2 Å². The van der Waals surface area contributed by atoms with Crippen molar-refractivity contribution in [3.63, 3.8) is 0 Å². The Morgan fingerprint density at radius 3 is 2.86 bits per heavy atom. The first-order valence-corrected chi connectivity index (χ1v) is 7.01. The zero-order valence-corrected chi connectivity index (χ0v) is 12.0. The second kappa shape index (κ2) is 5.74. The minimum atomic E-state index is -0.211. The fourth-order valence-corrected chi connectivity index (χ4v) is 2.84. The summed E-state index contributed by atoms with van der Waals surface area (Å²) in [5.74, 6) is 0.578. The van der Waals surface area contributed by atoms with Crippen LogP contribution in [-0.4, -0.2) is 18.8 Å². The van der Waals surface area contributed by atoms with Gasteiger partial charge in [-0.05, 0) is 41.8 Å². The van der Waals surface area contributed by atoms with Gasteiger partial charge in [0.05, 0.1) is 13.7 Å². The standard InChI is InChI=1S/C17H18FNO2/c1-21-17-5-2-12(11-20)8-14(17)10-19-7-6-13-3-4-15(18)9-16(13)19/h2-5,8-9,20H,6-7,10-11H2,1H3. The molecule has 3 rings (SSSR count). The summed E-state index contributed by atoms with van der Waals surface area (Å²) >= 11 is 0. The van der Waals surface area contributed by atoms with E-state index < -0.39 is 0 Å². The topological polar surface area (TPSA) is 32.7 Å². The molecule has 0 amide bonds. The molecule has 0 fully saturated rings. The maximum atomic E-state index is 13.5. The van der Waals surface area contributed by atoms with Crippen molar-refractivity contribution in [3.8, 4) is 5.75 Å². The largest absolute Gasteiger partial charge is 0.496 e. The molecule has 0 bridgehead atoms. The first-order valence-electron chi connectivity index (χ1n) is 7.01. The monoisotopic (exact) mass is 287 g/mol. The lowest BCUT2D eigenvalue weighted by Crippen LogP contribution is -2.20. The molecule has 0 radical (unpaired) electrons. The van der Waals surface area contributed by atoms with Crippen molar-refractivity contribution in [2.45, 2.75) is 19.6 Å². The van der Waals surface area contributed by atoms with Crippen LogP contribution < -0.4 is 9.64 Å². The van der Waals surface area contributed by atoms with Crippen molar-refractivity contribution in [2.24, 2.45) is 0 Å². The van der Waals surface area contributed by atoms with Crippen LogP contribution in [0.1, 0.15) is 16.7 Å². The van der Waals surface area contributed by atoms with E-state index in [0.29, 0.717) is 6.54 Å². The van der Waals surface area contributed by atoms with E-state index in [1.165, 1.54) is 11.6 Å². The van der Waals surface area contributed by atoms with E-state index >= 15 is 0 Å². The molecule has 1 N–H and O–H groups in total. The number of anilines is 1. The van der Waals surface area contributed by atoms with Gasteiger partial charge < -0.3 is 14.7 Å². The fraction of sp³-hybridized carbons (Fsp3) is 0.294. The predicted octanol–water partition coefficient (Wildman–Crippen LogP) is 2.89. The molecule has 1 aliphatic heterocycles. The highest BCUT2D eigenvalue weighted by Crippen LogP contribution is 2.32. The van der Waals surface area contributed by atoms with Crippen molar-refractivity contribution in [3.05, 3.63) is 58.9 Å². The molecule has 0 aromatic heterocycles. The van der Waals surface area contributed by atoms with Gasteiger partial charge in [0.2, 0.25) is 0 Å². The van der Waals surface area contributed by atoms with Crippen molar-refractivity contribution in [1.82, 2.24) is 0 Å². The number of benzene rings is 2. The number of aliphatic hydroxyl groups excluding tert-OH is 1. The highest BCUT2D eigenvalue weighted by molar-refractivity contribution is 5.59. The van der Waals surface area contributed by atoms with Gasteiger partial charge >= 0.3 is 0 Å². The molecule has 4 heteroatoms. The van der Waals surface area contributed by atoms with Crippen LogP contribution in [0.15, 0.2) is 36.4 Å². The van der Waals surface area contributed by atoms with Crippen LogP contribution in [0.2, 0.25) is 0 Å². The molecule has 0 spiro atoms. The van der Waals surface area contributed by atoms with Gasteiger partial charge in [0.25, 0.3) is 0 Å². The number of rotatable bonds is 4. The maximum absolute atomic E-state index is 13.5. The molecule has 2 aromatic rings. The van der Waals surface area contributed by atoms with Gasteiger partial charge in [0.15, 0.2) is 0 Å². The van der Waals surface area contributed by atoms with Crippen molar-refractivity contribution in [1.29, 1.82) is 0 Å². The van der Waals surface area contributed by atoms with Crippen LogP contribution in [-0.2, 0) is 19.6 Å². The van der Waals surface area contributed by atoms with E-state index in [9.17, 15) is 9.50 Å². The summed E-state index contributed by atoms with van der Waals surface area (Å²) in [6, 6.07) is 10.6. The highest BCUT2D eigenvalue weighted by atomic mass is 19.1. The van der Waals surface area contributed by atoms with Gasteiger partial charge in [-0.15, -0.1) is 0 Å². The van der Waals surface area contributed by atoms with Crippen LogP contribution in [0, 0.1) is 5.82 Å². The van der Waals surface area contributed by atoms with E-state index in [4.69, 9.17) is 4.74 Å². The number of methoxy groups -OCH3 is 1. The molecule has 1 aliphatic rings. The van der Waals surface area contributed by atoms with E-state index in [-0.39, 0.29) is 12.4 Å². The number of fused-ring (bicyclic) bond motifs is 1.